The number of aromatic nitrogens is 1. The maximum atomic E-state index is 13.2. The topological polar surface area (TPSA) is 90.0 Å². The Labute approximate surface area is 185 Å². The van der Waals surface area contributed by atoms with Gasteiger partial charge in [-0.3, -0.25) is 9.59 Å². The number of ether oxygens (including phenoxy) is 3. The van der Waals surface area contributed by atoms with Crippen LogP contribution in [0.3, 0.4) is 0 Å². The van der Waals surface area contributed by atoms with E-state index in [1.54, 1.807) is 23.5 Å². The fraction of sp³-hybridized carbons (Fsp3) is 0.409. The Morgan fingerprint density at radius 2 is 2.26 bits per heavy atom. The van der Waals surface area contributed by atoms with Crippen molar-refractivity contribution in [2.45, 2.75) is 32.4 Å². The van der Waals surface area contributed by atoms with Crippen LogP contribution in [0.15, 0.2) is 36.2 Å². The predicted octanol–water partition coefficient (Wildman–Crippen LogP) is 3.50. The number of hydrogen-bond acceptors (Lipinski definition) is 7. The zero-order valence-electron chi connectivity index (χ0n) is 17.8. The van der Waals surface area contributed by atoms with Crippen LogP contribution in [0.25, 0.3) is 0 Å². The number of nitrogens with zero attached hydrogens (tertiary/aromatic N) is 2. The second kappa shape index (κ2) is 10.9. The van der Waals surface area contributed by atoms with Gasteiger partial charge >= 0.3 is 0 Å². The van der Waals surface area contributed by atoms with Crippen LogP contribution < -0.4 is 14.8 Å². The van der Waals surface area contributed by atoms with E-state index in [0.717, 1.165) is 18.4 Å². The van der Waals surface area contributed by atoms with Gasteiger partial charge in [-0.2, -0.15) is 0 Å². The second-order valence-electron chi connectivity index (χ2n) is 7.12. The molecule has 9 heteroatoms. The molecule has 1 aliphatic heterocycles. The molecule has 0 bridgehead atoms. The monoisotopic (exact) mass is 445 g/mol. The third-order valence-electron chi connectivity index (χ3n) is 4.70. The average molecular weight is 446 g/mol. The quantitative estimate of drug-likeness (QED) is 0.563. The molecule has 1 aliphatic rings. The van der Waals surface area contributed by atoms with Crippen molar-refractivity contribution in [1.82, 2.24) is 9.88 Å². The van der Waals surface area contributed by atoms with Crippen molar-refractivity contribution in [3.63, 3.8) is 0 Å². The zero-order chi connectivity index (χ0) is 22.2. The molecule has 1 aromatic carbocycles. The van der Waals surface area contributed by atoms with E-state index in [1.165, 1.54) is 18.3 Å². The van der Waals surface area contributed by atoms with Crippen LogP contribution in [0, 0.1) is 0 Å². The van der Waals surface area contributed by atoms with Crippen LogP contribution in [0.1, 0.15) is 35.8 Å². The molecule has 31 heavy (non-hydrogen) atoms. The maximum absolute atomic E-state index is 13.2. The van der Waals surface area contributed by atoms with E-state index in [0.29, 0.717) is 48.6 Å². The number of nitrogens with one attached hydrogen (secondary N) is 1. The van der Waals surface area contributed by atoms with Crippen molar-refractivity contribution in [2.24, 2.45) is 0 Å². The van der Waals surface area contributed by atoms with E-state index in [2.05, 4.69) is 16.9 Å². The van der Waals surface area contributed by atoms with E-state index in [9.17, 15) is 9.59 Å². The van der Waals surface area contributed by atoms with Gasteiger partial charge in [-0.1, -0.05) is 18.7 Å². The molecule has 1 saturated heterocycles. The smallest absolute Gasteiger partial charge is 0.273 e. The molecule has 0 saturated carbocycles. The van der Waals surface area contributed by atoms with Gasteiger partial charge in [0.05, 0.1) is 13.2 Å². The van der Waals surface area contributed by atoms with Gasteiger partial charge in [0.15, 0.2) is 16.6 Å². The summed E-state index contributed by atoms with van der Waals surface area (Å²) in [5.41, 5.74) is 1.19. The molecule has 2 heterocycles. The molecule has 2 amide bonds. The predicted molar refractivity (Wildman–Crippen MR) is 119 cm³/mol. The van der Waals surface area contributed by atoms with Gasteiger partial charge in [0, 0.05) is 32.0 Å². The molecule has 0 aliphatic carbocycles. The molecule has 0 spiro atoms. The molecular formula is C22H27N3O5S. The number of carbonyl (C=O) groups excluding carboxylic acids is 2. The van der Waals surface area contributed by atoms with Gasteiger partial charge in [0.25, 0.3) is 5.91 Å². The van der Waals surface area contributed by atoms with Crippen LogP contribution in [0.4, 0.5) is 5.13 Å². The molecule has 1 atom stereocenters. The lowest BCUT2D eigenvalue weighted by Gasteiger charge is -2.25. The number of methoxy groups -OCH3 is 1. The van der Waals surface area contributed by atoms with Crippen LogP contribution in [0.5, 0.6) is 11.5 Å². The lowest BCUT2D eigenvalue weighted by molar-refractivity contribution is -0.114. The van der Waals surface area contributed by atoms with Crippen LogP contribution in [-0.2, 0) is 16.1 Å². The number of amides is 2. The Kier molecular flexibility index (Phi) is 8.02. The van der Waals surface area contributed by atoms with Gasteiger partial charge in [0.1, 0.15) is 12.3 Å². The van der Waals surface area contributed by atoms with E-state index < -0.39 is 0 Å². The van der Waals surface area contributed by atoms with E-state index in [-0.39, 0.29) is 17.9 Å². The third kappa shape index (κ3) is 6.28. The summed E-state index contributed by atoms with van der Waals surface area (Å²) in [6.45, 7) is 6.97. The molecule has 0 radical (unpaired) electrons. The van der Waals surface area contributed by atoms with Gasteiger partial charge < -0.3 is 24.4 Å². The van der Waals surface area contributed by atoms with Crippen molar-refractivity contribution >= 4 is 28.3 Å². The zero-order valence-corrected chi connectivity index (χ0v) is 18.6. The molecule has 2 aromatic rings. The minimum atomic E-state index is -0.226. The summed E-state index contributed by atoms with van der Waals surface area (Å²) in [4.78, 5) is 30.5. The van der Waals surface area contributed by atoms with E-state index in [4.69, 9.17) is 14.2 Å². The van der Waals surface area contributed by atoms with Crippen molar-refractivity contribution in [2.75, 3.05) is 32.2 Å². The molecule has 166 valence electrons. The summed E-state index contributed by atoms with van der Waals surface area (Å²) < 4.78 is 16.8. The molecule has 3 rings (SSSR count). The van der Waals surface area contributed by atoms with Crippen molar-refractivity contribution in [3.8, 4) is 11.5 Å². The summed E-state index contributed by atoms with van der Waals surface area (Å²) in [6.07, 6.45) is 3.56. The van der Waals surface area contributed by atoms with Crippen LogP contribution in [-0.4, -0.2) is 54.7 Å². The Balaban J connectivity index is 1.80. The van der Waals surface area contributed by atoms with Gasteiger partial charge in [-0.25, -0.2) is 4.98 Å². The van der Waals surface area contributed by atoms with Gasteiger partial charge in [-0.05, 0) is 30.5 Å². The standard InChI is InChI=1S/C22H27N3O5S/c1-4-9-30-19-8-7-16(11-20(19)28-3)12-25(13-17-6-5-10-29-17)21(27)18-14-31-22(24-18)23-15(2)26/h4,7-8,11,14,17H,1,5-6,9-10,12-13H2,2-3H3,(H,23,24,26). The highest BCUT2D eigenvalue weighted by molar-refractivity contribution is 7.14. The van der Waals surface area contributed by atoms with E-state index >= 15 is 0 Å². The normalized spacial score (nSPS) is 15.4. The first-order valence-electron chi connectivity index (χ1n) is 10.0. The largest absolute Gasteiger partial charge is 0.493 e. The fourth-order valence-electron chi connectivity index (χ4n) is 3.29. The number of hydrogen-bond donors (Lipinski definition) is 1. The molecule has 1 aromatic heterocycles. The second-order valence-corrected chi connectivity index (χ2v) is 7.98. The van der Waals surface area contributed by atoms with E-state index in [1.807, 2.05) is 18.2 Å². The highest BCUT2D eigenvalue weighted by Crippen LogP contribution is 2.29. The molecule has 8 nitrogen and oxygen atoms in total. The first-order chi connectivity index (χ1) is 15.0. The summed E-state index contributed by atoms with van der Waals surface area (Å²) in [5.74, 6) is 0.762. The SMILES string of the molecule is C=CCOc1ccc(CN(CC2CCCO2)C(=O)c2csc(NC(C)=O)n2)cc1OC. The van der Waals surface area contributed by atoms with Crippen LogP contribution in [0.2, 0.25) is 0 Å². The highest BCUT2D eigenvalue weighted by atomic mass is 32.1. The van der Waals surface area contributed by atoms with Crippen molar-refractivity contribution in [1.29, 1.82) is 0 Å². The van der Waals surface area contributed by atoms with Crippen molar-refractivity contribution < 1.29 is 23.8 Å². The third-order valence-corrected chi connectivity index (χ3v) is 5.46. The highest BCUT2D eigenvalue weighted by Gasteiger charge is 2.25. The molecule has 1 fully saturated rings. The Morgan fingerprint density at radius 1 is 1.42 bits per heavy atom. The van der Waals surface area contributed by atoms with Gasteiger partial charge in [0.2, 0.25) is 5.91 Å². The lowest BCUT2D eigenvalue weighted by Crippen LogP contribution is -2.37. The lowest BCUT2D eigenvalue weighted by atomic mass is 10.1. The Morgan fingerprint density at radius 3 is 2.94 bits per heavy atom. The van der Waals surface area contributed by atoms with Gasteiger partial charge in [-0.15, -0.1) is 11.3 Å². The molecular weight excluding hydrogens is 418 g/mol. The van der Waals surface area contributed by atoms with Crippen molar-refractivity contribution in [3.05, 3.63) is 47.5 Å². The van der Waals surface area contributed by atoms with Crippen LogP contribution >= 0.6 is 11.3 Å². The Hall–Kier alpha value is -2.91. The minimum absolute atomic E-state index is 0.00510. The Bertz CT molecular complexity index is 924. The minimum Gasteiger partial charge on any atom is -0.493 e. The first-order valence-corrected chi connectivity index (χ1v) is 10.9. The fourth-order valence-corrected chi connectivity index (χ4v) is 4.02. The average Bonchev–Trinajstić information content (AvgIpc) is 3.43. The summed E-state index contributed by atoms with van der Waals surface area (Å²) in [7, 11) is 1.58. The maximum Gasteiger partial charge on any atom is 0.273 e. The number of rotatable bonds is 10. The summed E-state index contributed by atoms with van der Waals surface area (Å²) in [6, 6.07) is 5.59. The number of benzene rings is 1. The number of carbonyl (C=O) groups is 2. The summed E-state index contributed by atoms with van der Waals surface area (Å²) in [5, 5.41) is 4.67. The number of anilines is 1. The summed E-state index contributed by atoms with van der Waals surface area (Å²) >= 11 is 1.22. The molecule has 1 unspecified atom stereocenters. The number of thiazole rings is 1. The first kappa shape index (κ1) is 22.8. The molecule has 1 N–H and O–H groups in total.